The van der Waals surface area contributed by atoms with Crippen molar-refractivity contribution in [2.45, 2.75) is 51.7 Å². The highest BCUT2D eigenvalue weighted by atomic mass is 19.4. The summed E-state index contributed by atoms with van der Waals surface area (Å²) in [6, 6.07) is 5.20. The van der Waals surface area contributed by atoms with E-state index >= 15 is 0 Å². The SMILES string of the molecule is CCCNC(c1ccc(C(C)CC)cc1)C(F)(F)F. The summed E-state index contributed by atoms with van der Waals surface area (Å²) in [4.78, 5) is 0. The Hall–Kier alpha value is -1.03. The Morgan fingerprint density at radius 2 is 1.58 bits per heavy atom. The van der Waals surface area contributed by atoms with Crippen molar-refractivity contribution < 1.29 is 13.2 Å². The minimum Gasteiger partial charge on any atom is -0.302 e. The molecule has 0 spiro atoms. The van der Waals surface area contributed by atoms with Crippen molar-refractivity contribution in [3.8, 4) is 0 Å². The number of benzene rings is 1. The zero-order chi connectivity index (χ0) is 14.5. The van der Waals surface area contributed by atoms with E-state index in [1.54, 1.807) is 24.3 Å². The molecule has 1 nitrogen and oxygen atoms in total. The highest BCUT2D eigenvalue weighted by Crippen LogP contribution is 2.33. The summed E-state index contributed by atoms with van der Waals surface area (Å²) in [6.07, 6.45) is -2.60. The van der Waals surface area contributed by atoms with E-state index in [0.29, 0.717) is 18.9 Å². The topological polar surface area (TPSA) is 12.0 Å². The fourth-order valence-corrected chi connectivity index (χ4v) is 1.96. The molecule has 0 aromatic heterocycles. The summed E-state index contributed by atoms with van der Waals surface area (Å²) in [7, 11) is 0. The van der Waals surface area contributed by atoms with Crippen LogP contribution in [0.15, 0.2) is 24.3 Å². The fourth-order valence-electron chi connectivity index (χ4n) is 1.96. The van der Waals surface area contributed by atoms with Crippen molar-refractivity contribution in [3.05, 3.63) is 35.4 Å². The zero-order valence-electron chi connectivity index (χ0n) is 11.7. The van der Waals surface area contributed by atoms with Crippen LogP contribution in [0.25, 0.3) is 0 Å². The molecular weight excluding hydrogens is 251 g/mol. The second kappa shape index (κ2) is 6.94. The van der Waals surface area contributed by atoms with Crippen LogP contribution in [0.5, 0.6) is 0 Å². The van der Waals surface area contributed by atoms with Crippen molar-refractivity contribution in [2.24, 2.45) is 0 Å². The van der Waals surface area contributed by atoms with Gasteiger partial charge in [-0.2, -0.15) is 13.2 Å². The van der Waals surface area contributed by atoms with Crippen LogP contribution in [0, 0.1) is 0 Å². The average molecular weight is 273 g/mol. The zero-order valence-corrected chi connectivity index (χ0v) is 11.7. The Labute approximate surface area is 113 Å². The third-order valence-electron chi connectivity index (χ3n) is 3.38. The molecule has 0 aliphatic heterocycles. The molecule has 1 rings (SSSR count). The summed E-state index contributed by atoms with van der Waals surface area (Å²) < 4.78 is 39.0. The largest absolute Gasteiger partial charge is 0.407 e. The van der Waals surface area contributed by atoms with Gasteiger partial charge in [-0.1, -0.05) is 45.0 Å². The number of halogens is 3. The molecule has 0 heterocycles. The molecule has 1 aromatic rings. The van der Waals surface area contributed by atoms with Crippen LogP contribution in [0.2, 0.25) is 0 Å². The van der Waals surface area contributed by atoms with Gasteiger partial charge >= 0.3 is 6.18 Å². The van der Waals surface area contributed by atoms with Gasteiger partial charge in [0.1, 0.15) is 6.04 Å². The number of rotatable bonds is 6. The number of hydrogen-bond acceptors (Lipinski definition) is 1. The molecule has 0 aliphatic carbocycles. The molecule has 1 N–H and O–H groups in total. The van der Waals surface area contributed by atoms with E-state index in [1.165, 1.54) is 0 Å². The van der Waals surface area contributed by atoms with E-state index in [2.05, 4.69) is 19.2 Å². The molecule has 2 unspecified atom stereocenters. The first-order valence-electron chi connectivity index (χ1n) is 6.80. The molecule has 0 saturated carbocycles. The molecular formula is C15H22F3N. The Morgan fingerprint density at radius 3 is 2.00 bits per heavy atom. The lowest BCUT2D eigenvalue weighted by Gasteiger charge is -2.22. The van der Waals surface area contributed by atoms with Crippen molar-refractivity contribution in [2.75, 3.05) is 6.54 Å². The number of hydrogen-bond donors (Lipinski definition) is 1. The first-order chi connectivity index (χ1) is 8.90. The quantitative estimate of drug-likeness (QED) is 0.784. The van der Waals surface area contributed by atoms with Crippen LogP contribution in [-0.2, 0) is 0 Å². The average Bonchev–Trinajstić information content (AvgIpc) is 2.37. The predicted octanol–water partition coefficient (Wildman–Crippen LogP) is 4.80. The maximum atomic E-state index is 13.0. The summed E-state index contributed by atoms with van der Waals surface area (Å²) in [5, 5.41) is 2.56. The van der Waals surface area contributed by atoms with E-state index in [0.717, 1.165) is 12.0 Å². The van der Waals surface area contributed by atoms with Crippen LogP contribution in [-0.4, -0.2) is 12.7 Å². The molecule has 0 fully saturated rings. The normalized spacial score (nSPS) is 15.3. The molecule has 0 aliphatic rings. The molecule has 108 valence electrons. The summed E-state index contributed by atoms with van der Waals surface area (Å²) in [5.74, 6) is 0.377. The Kier molecular flexibility index (Phi) is 5.85. The van der Waals surface area contributed by atoms with E-state index in [4.69, 9.17) is 0 Å². The Morgan fingerprint density at radius 1 is 1.05 bits per heavy atom. The lowest BCUT2D eigenvalue weighted by Crippen LogP contribution is -2.34. The highest BCUT2D eigenvalue weighted by Gasteiger charge is 2.40. The summed E-state index contributed by atoms with van der Waals surface area (Å²) in [5.41, 5.74) is 1.37. The fraction of sp³-hybridized carbons (Fsp3) is 0.600. The van der Waals surface area contributed by atoms with Gasteiger partial charge in [0, 0.05) is 0 Å². The van der Waals surface area contributed by atoms with Gasteiger partial charge < -0.3 is 5.32 Å². The van der Waals surface area contributed by atoms with Crippen LogP contribution in [0.4, 0.5) is 13.2 Å². The summed E-state index contributed by atoms with van der Waals surface area (Å²) >= 11 is 0. The van der Waals surface area contributed by atoms with Gasteiger partial charge in [0.2, 0.25) is 0 Å². The molecule has 2 atom stereocenters. The standard InChI is InChI=1S/C15H22F3N/c1-4-10-19-14(15(16,17)18)13-8-6-12(7-9-13)11(3)5-2/h6-9,11,14,19H,4-5,10H2,1-3H3. The minimum atomic E-state index is -4.26. The van der Waals surface area contributed by atoms with E-state index in [-0.39, 0.29) is 5.56 Å². The molecule has 0 bridgehead atoms. The summed E-state index contributed by atoms with van der Waals surface area (Å²) in [6.45, 7) is 6.36. The maximum Gasteiger partial charge on any atom is 0.407 e. The van der Waals surface area contributed by atoms with Gasteiger partial charge in [-0.05, 0) is 36.4 Å². The Balaban J connectivity index is 2.91. The molecule has 0 saturated heterocycles. The van der Waals surface area contributed by atoms with Crippen molar-refractivity contribution >= 4 is 0 Å². The van der Waals surface area contributed by atoms with Crippen LogP contribution in [0.3, 0.4) is 0 Å². The van der Waals surface area contributed by atoms with Crippen LogP contribution in [0.1, 0.15) is 56.7 Å². The van der Waals surface area contributed by atoms with Crippen molar-refractivity contribution in [1.29, 1.82) is 0 Å². The van der Waals surface area contributed by atoms with Crippen LogP contribution < -0.4 is 5.32 Å². The van der Waals surface area contributed by atoms with Crippen molar-refractivity contribution in [3.63, 3.8) is 0 Å². The smallest absolute Gasteiger partial charge is 0.302 e. The third-order valence-corrected chi connectivity index (χ3v) is 3.38. The molecule has 19 heavy (non-hydrogen) atoms. The molecule has 1 aromatic carbocycles. The second-order valence-corrected chi connectivity index (χ2v) is 4.90. The lowest BCUT2D eigenvalue weighted by molar-refractivity contribution is -0.157. The minimum absolute atomic E-state index is 0.285. The third kappa shape index (κ3) is 4.53. The first-order valence-corrected chi connectivity index (χ1v) is 6.80. The number of nitrogens with one attached hydrogen (secondary N) is 1. The highest BCUT2D eigenvalue weighted by molar-refractivity contribution is 5.28. The molecule has 0 amide bonds. The molecule has 0 radical (unpaired) electrons. The maximum absolute atomic E-state index is 13.0. The molecule has 4 heteroatoms. The van der Waals surface area contributed by atoms with E-state index in [1.807, 2.05) is 6.92 Å². The first kappa shape index (κ1) is 16.0. The van der Waals surface area contributed by atoms with Gasteiger partial charge in [0.05, 0.1) is 0 Å². The van der Waals surface area contributed by atoms with Gasteiger partial charge in [-0.3, -0.25) is 0 Å². The predicted molar refractivity (Wildman–Crippen MR) is 72.2 cm³/mol. The monoisotopic (exact) mass is 273 g/mol. The Bertz CT molecular complexity index is 370. The van der Waals surface area contributed by atoms with E-state index in [9.17, 15) is 13.2 Å². The van der Waals surface area contributed by atoms with Crippen LogP contribution >= 0.6 is 0 Å². The van der Waals surface area contributed by atoms with Crippen molar-refractivity contribution in [1.82, 2.24) is 5.32 Å². The van der Waals surface area contributed by atoms with Gasteiger partial charge in [-0.25, -0.2) is 0 Å². The number of alkyl halides is 3. The lowest BCUT2D eigenvalue weighted by atomic mass is 9.96. The van der Waals surface area contributed by atoms with Gasteiger partial charge in [0.25, 0.3) is 0 Å². The van der Waals surface area contributed by atoms with Gasteiger partial charge in [-0.15, -0.1) is 0 Å². The van der Waals surface area contributed by atoms with E-state index < -0.39 is 12.2 Å². The second-order valence-electron chi connectivity index (χ2n) is 4.90. The van der Waals surface area contributed by atoms with Gasteiger partial charge in [0.15, 0.2) is 0 Å².